The molecule has 3 aromatic rings. The Kier molecular flexibility index (Phi) is 9.96. The van der Waals surface area contributed by atoms with Crippen molar-refractivity contribution in [1.82, 2.24) is 10.6 Å². The quantitative estimate of drug-likeness (QED) is 0.324. The number of aromatic carboxylic acids is 1. The van der Waals surface area contributed by atoms with Gasteiger partial charge >= 0.3 is 18.1 Å². The number of halogens is 3. The fourth-order valence-corrected chi connectivity index (χ4v) is 4.12. The number of amides is 2. The average molecular weight is 592 g/mol. The van der Waals surface area contributed by atoms with E-state index in [9.17, 15) is 32.7 Å². The molecule has 1 aliphatic rings. The highest BCUT2D eigenvalue weighted by Gasteiger charge is 2.38. The molecule has 0 saturated heterocycles. The molecule has 2 amide bonds. The Bertz CT molecular complexity index is 1490. The predicted octanol–water partition coefficient (Wildman–Crippen LogP) is 3.20. The molecule has 4 N–H and O–H groups in total. The molecule has 1 aliphatic heterocycles. The number of carboxylic acids is 2. The number of ether oxygens (including phenoxy) is 2. The van der Waals surface area contributed by atoms with Gasteiger partial charge in [-0.1, -0.05) is 36.4 Å². The number of hydrogen-bond acceptors (Lipinski definition) is 7. The minimum absolute atomic E-state index is 0.0687. The van der Waals surface area contributed by atoms with Crippen LogP contribution in [0.15, 0.2) is 54.6 Å². The van der Waals surface area contributed by atoms with Crippen LogP contribution < -0.4 is 25.0 Å². The number of hydrogen-bond donors (Lipinski definition) is 4. The lowest BCUT2D eigenvalue weighted by Gasteiger charge is -2.27. The summed E-state index contributed by atoms with van der Waals surface area (Å²) in [6.07, 6.45) is -5.08. The number of anilines is 1. The lowest BCUT2D eigenvalue weighted by atomic mass is 10.0. The molecule has 0 unspecified atom stereocenters. The van der Waals surface area contributed by atoms with Gasteiger partial charge in [0.15, 0.2) is 5.75 Å². The second kappa shape index (κ2) is 13.2. The molecule has 0 saturated carbocycles. The predicted molar refractivity (Wildman–Crippen MR) is 145 cm³/mol. The number of para-hydroxylation sites is 1. The number of alkyl halides is 3. The van der Waals surface area contributed by atoms with E-state index in [-0.39, 0.29) is 30.4 Å². The zero-order valence-electron chi connectivity index (χ0n) is 22.7. The van der Waals surface area contributed by atoms with Gasteiger partial charge in [-0.2, -0.15) is 13.2 Å². The van der Waals surface area contributed by atoms with Gasteiger partial charge in [-0.3, -0.25) is 9.59 Å². The normalized spacial score (nSPS) is 15.3. The summed E-state index contributed by atoms with van der Waals surface area (Å²) in [6.45, 7) is 1.55. The highest BCUT2D eigenvalue weighted by atomic mass is 19.4. The van der Waals surface area contributed by atoms with Crippen molar-refractivity contribution < 1.29 is 52.0 Å². The van der Waals surface area contributed by atoms with Crippen LogP contribution in [0.2, 0.25) is 0 Å². The molecule has 224 valence electrons. The molecule has 14 heteroatoms. The smallest absolute Gasteiger partial charge is 0.490 e. The number of nitrogens with one attached hydrogen (secondary N) is 2. The van der Waals surface area contributed by atoms with Crippen molar-refractivity contribution in [3.8, 4) is 11.5 Å². The van der Waals surface area contributed by atoms with Crippen LogP contribution in [-0.4, -0.2) is 73.0 Å². The summed E-state index contributed by atoms with van der Waals surface area (Å²) in [5, 5.41) is 24.3. The first-order chi connectivity index (χ1) is 19.8. The lowest BCUT2D eigenvalue weighted by Crippen LogP contribution is -2.53. The van der Waals surface area contributed by atoms with Crippen molar-refractivity contribution in [2.75, 3.05) is 25.7 Å². The Hall–Kier alpha value is -4.85. The molecule has 0 bridgehead atoms. The number of carboxylic acid groups (broad SMARTS) is 2. The number of methoxy groups -OCH3 is 1. The van der Waals surface area contributed by atoms with Crippen LogP contribution in [0, 0.1) is 0 Å². The molecule has 42 heavy (non-hydrogen) atoms. The summed E-state index contributed by atoms with van der Waals surface area (Å²) in [4.78, 5) is 48.6. The maximum atomic E-state index is 13.8. The molecule has 0 spiro atoms. The zero-order valence-corrected chi connectivity index (χ0v) is 22.7. The van der Waals surface area contributed by atoms with Gasteiger partial charge in [0.2, 0.25) is 5.91 Å². The highest BCUT2D eigenvalue weighted by Crippen LogP contribution is 2.38. The Balaban J connectivity index is 0.000000616. The third kappa shape index (κ3) is 7.07. The summed E-state index contributed by atoms with van der Waals surface area (Å²) in [5.74, 6) is -4.07. The third-order valence-electron chi connectivity index (χ3n) is 6.39. The van der Waals surface area contributed by atoms with Crippen LogP contribution in [0.5, 0.6) is 11.5 Å². The van der Waals surface area contributed by atoms with Crippen LogP contribution in [0.4, 0.5) is 18.9 Å². The zero-order chi connectivity index (χ0) is 31.2. The molecule has 0 aliphatic carbocycles. The van der Waals surface area contributed by atoms with Crippen LogP contribution in [0.1, 0.15) is 22.8 Å². The van der Waals surface area contributed by atoms with E-state index in [0.29, 0.717) is 11.4 Å². The van der Waals surface area contributed by atoms with Gasteiger partial charge in [0.1, 0.15) is 24.0 Å². The summed E-state index contributed by atoms with van der Waals surface area (Å²) in [7, 11) is 3.20. The molecule has 0 radical (unpaired) electrons. The van der Waals surface area contributed by atoms with E-state index in [2.05, 4.69) is 10.6 Å². The van der Waals surface area contributed by atoms with Gasteiger partial charge in [-0.25, -0.2) is 9.59 Å². The maximum Gasteiger partial charge on any atom is 0.490 e. The van der Waals surface area contributed by atoms with Crippen molar-refractivity contribution in [3.05, 3.63) is 65.7 Å². The second-order valence-electron chi connectivity index (χ2n) is 9.04. The van der Waals surface area contributed by atoms with Gasteiger partial charge in [-0.15, -0.1) is 0 Å². The van der Waals surface area contributed by atoms with E-state index in [1.807, 2.05) is 36.4 Å². The summed E-state index contributed by atoms with van der Waals surface area (Å²) in [5.41, 5.74) is 0.991. The number of likely N-dealkylation sites (N-methyl/N-ethyl adjacent to an activating group) is 1. The van der Waals surface area contributed by atoms with Gasteiger partial charge in [0.05, 0.1) is 25.4 Å². The average Bonchev–Trinajstić information content (AvgIpc) is 3.08. The summed E-state index contributed by atoms with van der Waals surface area (Å²) >= 11 is 0. The van der Waals surface area contributed by atoms with E-state index in [1.165, 1.54) is 11.0 Å². The van der Waals surface area contributed by atoms with Crippen LogP contribution in [0.3, 0.4) is 0 Å². The van der Waals surface area contributed by atoms with Crippen molar-refractivity contribution >= 4 is 40.2 Å². The summed E-state index contributed by atoms with van der Waals surface area (Å²) < 4.78 is 43.2. The van der Waals surface area contributed by atoms with E-state index < -0.39 is 36.1 Å². The summed E-state index contributed by atoms with van der Waals surface area (Å²) in [6, 6.07) is 14.6. The molecular weight excluding hydrogens is 563 g/mol. The molecule has 0 aromatic heterocycles. The number of aliphatic carboxylic acids is 1. The molecular formula is C28H28F3N3O8. The number of nitrogens with zero attached hydrogens (tertiary/aromatic N) is 1. The van der Waals surface area contributed by atoms with Crippen LogP contribution in [0.25, 0.3) is 10.8 Å². The number of carbonyl (C=O) groups is 4. The largest absolute Gasteiger partial charge is 0.496 e. The minimum Gasteiger partial charge on any atom is -0.496 e. The third-order valence-corrected chi connectivity index (χ3v) is 6.39. The molecule has 0 fully saturated rings. The number of carbonyl (C=O) groups excluding carboxylic acids is 2. The Morgan fingerprint density at radius 3 is 2.36 bits per heavy atom. The second-order valence-corrected chi connectivity index (χ2v) is 9.04. The van der Waals surface area contributed by atoms with Crippen molar-refractivity contribution in [2.45, 2.75) is 31.7 Å². The van der Waals surface area contributed by atoms with Gasteiger partial charge in [0, 0.05) is 5.56 Å². The first-order valence-corrected chi connectivity index (χ1v) is 12.4. The SMILES string of the molecule is CN[C@@H](C)C(=O)N[C@H]1COc2c(C(=O)O)cccc2N(Cc2c(OC)ccc3ccccc23)C1=O.O=C(O)C(F)(F)F. The number of fused-ring (bicyclic) bond motifs is 2. The molecule has 3 aromatic carbocycles. The van der Waals surface area contributed by atoms with E-state index in [0.717, 1.165) is 16.3 Å². The number of rotatable bonds is 7. The molecule has 1 heterocycles. The van der Waals surface area contributed by atoms with Gasteiger partial charge in [0.25, 0.3) is 5.91 Å². The van der Waals surface area contributed by atoms with Gasteiger partial charge < -0.3 is 35.2 Å². The molecule has 4 rings (SSSR count). The Morgan fingerprint density at radius 1 is 1.10 bits per heavy atom. The standard InChI is InChI=1S/C26H27N3O6.C2HF3O2/c1-15(27-2)24(30)28-20-14-35-23-18(26(32)33)9-6-10-21(23)29(25(20)31)13-19-17-8-5-4-7-16(17)11-12-22(19)34-3;3-2(4,5)1(6)7/h4-12,15,20,27H,13-14H2,1-3H3,(H,28,30)(H,32,33);(H,6,7)/t15-,20-;/m0./s1. The molecule has 2 atom stereocenters. The van der Waals surface area contributed by atoms with Crippen molar-refractivity contribution in [1.29, 1.82) is 0 Å². The first-order valence-electron chi connectivity index (χ1n) is 12.4. The Labute approximate surface area is 237 Å². The van der Waals surface area contributed by atoms with E-state index in [4.69, 9.17) is 19.4 Å². The van der Waals surface area contributed by atoms with E-state index >= 15 is 0 Å². The van der Waals surface area contributed by atoms with Crippen molar-refractivity contribution in [2.24, 2.45) is 0 Å². The maximum absolute atomic E-state index is 13.8. The van der Waals surface area contributed by atoms with Crippen molar-refractivity contribution in [3.63, 3.8) is 0 Å². The van der Waals surface area contributed by atoms with Gasteiger partial charge in [-0.05, 0) is 42.9 Å². The monoisotopic (exact) mass is 591 g/mol. The number of benzene rings is 3. The topological polar surface area (TPSA) is 154 Å². The first kappa shape index (κ1) is 31.7. The Morgan fingerprint density at radius 2 is 1.76 bits per heavy atom. The van der Waals surface area contributed by atoms with Crippen LogP contribution >= 0.6 is 0 Å². The van der Waals surface area contributed by atoms with E-state index in [1.54, 1.807) is 33.2 Å². The fourth-order valence-electron chi connectivity index (χ4n) is 4.12. The highest BCUT2D eigenvalue weighted by molar-refractivity contribution is 6.04. The minimum atomic E-state index is -5.08. The fraction of sp³-hybridized carbons (Fsp3) is 0.286. The lowest BCUT2D eigenvalue weighted by molar-refractivity contribution is -0.192. The molecule has 11 nitrogen and oxygen atoms in total. The van der Waals surface area contributed by atoms with Crippen LogP contribution in [-0.2, 0) is 20.9 Å².